The summed E-state index contributed by atoms with van der Waals surface area (Å²) in [5.74, 6) is 1.10. The van der Waals surface area contributed by atoms with Crippen molar-refractivity contribution in [1.29, 1.82) is 0 Å². The molecule has 1 saturated carbocycles. The van der Waals surface area contributed by atoms with E-state index in [0.29, 0.717) is 6.04 Å². The number of piperidine rings is 2. The van der Waals surface area contributed by atoms with Crippen LogP contribution in [0.1, 0.15) is 51.4 Å². The van der Waals surface area contributed by atoms with Crippen LogP contribution in [0, 0.1) is 0 Å². The van der Waals surface area contributed by atoms with Crippen LogP contribution < -0.4 is 5.32 Å². The largest absolute Gasteiger partial charge is 0.343 e. The van der Waals surface area contributed by atoms with Gasteiger partial charge in [0.1, 0.15) is 0 Å². The molecule has 0 amide bonds. The van der Waals surface area contributed by atoms with E-state index in [2.05, 4.69) is 45.4 Å². The predicted molar refractivity (Wildman–Crippen MR) is 121 cm³/mol. The molecule has 2 aliphatic heterocycles. The van der Waals surface area contributed by atoms with Gasteiger partial charge in [0.25, 0.3) is 0 Å². The molecule has 0 atom stereocenters. The molecule has 1 aromatic rings. The van der Waals surface area contributed by atoms with E-state index in [-0.39, 0.29) is 24.0 Å². The Labute approximate surface area is 175 Å². The predicted octanol–water partition coefficient (Wildman–Crippen LogP) is 4.58. The van der Waals surface area contributed by atoms with Gasteiger partial charge in [-0.2, -0.15) is 0 Å². The van der Waals surface area contributed by atoms with Gasteiger partial charge in [-0.1, -0.05) is 24.6 Å². The minimum atomic E-state index is 0. The molecule has 2 heterocycles. The van der Waals surface area contributed by atoms with E-state index in [1.807, 2.05) is 0 Å². The van der Waals surface area contributed by atoms with Crippen molar-refractivity contribution in [3.05, 3.63) is 30.3 Å². The molecular weight excluding hydrogens is 435 g/mol. The molecule has 3 fully saturated rings. The maximum absolute atomic E-state index is 5.15. The van der Waals surface area contributed by atoms with E-state index in [4.69, 9.17) is 4.99 Å². The normalized spacial score (nSPS) is 27.4. The summed E-state index contributed by atoms with van der Waals surface area (Å²) in [6.45, 7) is 4.90. The zero-order chi connectivity index (χ0) is 16.9. The maximum atomic E-state index is 5.15. The minimum Gasteiger partial charge on any atom is -0.343 e. The molecule has 1 aliphatic carbocycles. The van der Waals surface area contributed by atoms with E-state index < -0.39 is 0 Å². The van der Waals surface area contributed by atoms with Crippen LogP contribution in [-0.2, 0) is 0 Å². The summed E-state index contributed by atoms with van der Waals surface area (Å²) in [7, 11) is 0. The van der Waals surface area contributed by atoms with Gasteiger partial charge < -0.3 is 15.1 Å². The lowest BCUT2D eigenvalue weighted by atomic mass is 9.85. The van der Waals surface area contributed by atoms with Crippen molar-refractivity contribution in [2.45, 2.75) is 63.5 Å². The standard InChI is InChI=1S/C21H32N4.HI/c1-4-10-18(11-5-1)22-21(25-14-8-3-9-15-25)23-19-16-20(17-19)24-12-6-2-7-13-24;/h1,4-5,10-11,19-20H,2-3,6-9,12-17H2,(H,22,23);1H. The molecule has 4 rings (SSSR count). The van der Waals surface area contributed by atoms with Crippen LogP contribution in [0.5, 0.6) is 0 Å². The van der Waals surface area contributed by atoms with Crippen LogP contribution in [0.4, 0.5) is 5.69 Å². The third-order valence-corrected chi connectivity index (χ3v) is 5.99. The quantitative estimate of drug-likeness (QED) is 0.401. The molecule has 5 heteroatoms. The van der Waals surface area contributed by atoms with Gasteiger partial charge in [-0.15, -0.1) is 24.0 Å². The Morgan fingerprint density at radius 2 is 1.46 bits per heavy atom. The molecule has 0 bridgehead atoms. The lowest BCUT2D eigenvalue weighted by Gasteiger charge is -2.43. The number of rotatable bonds is 3. The highest BCUT2D eigenvalue weighted by Gasteiger charge is 2.34. The molecule has 0 radical (unpaired) electrons. The van der Waals surface area contributed by atoms with Gasteiger partial charge in [0, 0.05) is 24.8 Å². The summed E-state index contributed by atoms with van der Waals surface area (Å²) in [6.07, 6.45) is 10.6. The number of anilines is 1. The number of nitrogens with zero attached hydrogens (tertiary/aromatic N) is 3. The Bertz CT molecular complexity index is 559. The van der Waals surface area contributed by atoms with Crippen molar-refractivity contribution in [3.8, 4) is 0 Å². The number of para-hydroxylation sites is 1. The maximum Gasteiger partial charge on any atom is 0.198 e. The number of nitrogens with one attached hydrogen (secondary N) is 1. The highest BCUT2D eigenvalue weighted by atomic mass is 127. The summed E-state index contributed by atoms with van der Waals surface area (Å²) < 4.78 is 0. The van der Waals surface area contributed by atoms with Crippen molar-refractivity contribution in [2.75, 3.05) is 31.5 Å². The highest BCUT2D eigenvalue weighted by Crippen LogP contribution is 2.31. The van der Waals surface area contributed by atoms with Crippen molar-refractivity contribution in [3.63, 3.8) is 0 Å². The molecule has 4 nitrogen and oxygen atoms in total. The Morgan fingerprint density at radius 3 is 2.12 bits per heavy atom. The number of halogens is 1. The van der Waals surface area contributed by atoms with Gasteiger partial charge in [-0.3, -0.25) is 0 Å². The average molecular weight is 468 g/mol. The monoisotopic (exact) mass is 468 g/mol. The molecule has 1 aromatic carbocycles. The minimum absolute atomic E-state index is 0. The third-order valence-electron chi connectivity index (χ3n) is 5.99. The van der Waals surface area contributed by atoms with Gasteiger partial charge in [-0.25, -0.2) is 4.99 Å². The van der Waals surface area contributed by atoms with Gasteiger partial charge in [0.15, 0.2) is 5.96 Å². The van der Waals surface area contributed by atoms with Crippen molar-refractivity contribution >= 4 is 35.6 Å². The van der Waals surface area contributed by atoms with E-state index in [9.17, 15) is 0 Å². The van der Waals surface area contributed by atoms with E-state index in [1.165, 1.54) is 64.5 Å². The summed E-state index contributed by atoms with van der Waals surface area (Å²) in [4.78, 5) is 10.3. The molecule has 26 heavy (non-hydrogen) atoms. The Balaban J connectivity index is 0.00000196. The summed E-state index contributed by atoms with van der Waals surface area (Å²) in [5, 5.41) is 3.60. The molecule has 3 aliphatic rings. The van der Waals surface area contributed by atoms with Crippen LogP contribution in [-0.4, -0.2) is 54.0 Å². The van der Waals surface area contributed by atoms with Crippen LogP contribution in [0.25, 0.3) is 0 Å². The second kappa shape index (κ2) is 9.93. The second-order valence-electron chi connectivity index (χ2n) is 7.87. The third kappa shape index (κ3) is 5.12. The summed E-state index contributed by atoms with van der Waals surface area (Å²) >= 11 is 0. The topological polar surface area (TPSA) is 30.9 Å². The fourth-order valence-electron chi connectivity index (χ4n) is 4.37. The van der Waals surface area contributed by atoms with Gasteiger partial charge in [0.2, 0.25) is 0 Å². The number of hydrogen-bond donors (Lipinski definition) is 1. The zero-order valence-electron chi connectivity index (χ0n) is 15.8. The molecule has 144 valence electrons. The number of aliphatic imine (C=N–C) groups is 1. The van der Waals surface area contributed by atoms with Crippen molar-refractivity contribution in [2.24, 2.45) is 4.99 Å². The summed E-state index contributed by atoms with van der Waals surface area (Å²) in [5.41, 5.74) is 1.15. The first kappa shape index (κ1) is 19.9. The first-order valence-electron chi connectivity index (χ1n) is 10.3. The highest BCUT2D eigenvalue weighted by molar-refractivity contribution is 14.0. The van der Waals surface area contributed by atoms with E-state index in [0.717, 1.165) is 30.8 Å². The van der Waals surface area contributed by atoms with Crippen LogP contribution in [0.2, 0.25) is 0 Å². The van der Waals surface area contributed by atoms with Gasteiger partial charge in [0.05, 0.1) is 6.04 Å². The van der Waals surface area contributed by atoms with E-state index in [1.54, 1.807) is 0 Å². The average Bonchev–Trinajstić information content (AvgIpc) is 2.65. The van der Waals surface area contributed by atoms with E-state index >= 15 is 0 Å². The number of benzene rings is 1. The van der Waals surface area contributed by atoms with Crippen molar-refractivity contribution in [1.82, 2.24) is 9.80 Å². The molecule has 0 aromatic heterocycles. The van der Waals surface area contributed by atoms with Crippen LogP contribution >= 0.6 is 24.0 Å². The summed E-state index contributed by atoms with van der Waals surface area (Å²) in [6, 6.07) is 11.8. The Morgan fingerprint density at radius 1 is 0.846 bits per heavy atom. The molecule has 0 spiro atoms. The smallest absolute Gasteiger partial charge is 0.198 e. The fraction of sp³-hybridized carbons (Fsp3) is 0.667. The first-order valence-corrected chi connectivity index (χ1v) is 10.3. The number of guanidine groups is 1. The molecular formula is C21H33IN4. The Hall–Kier alpha value is -0.820. The number of likely N-dealkylation sites (tertiary alicyclic amines) is 2. The lowest BCUT2D eigenvalue weighted by Crippen LogP contribution is -2.49. The Kier molecular flexibility index (Phi) is 7.61. The SMILES string of the molecule is I.c1ccc(NC(=NC2CC(N3CCCCC3)C2)N2CCCCC2)cc1. The van der Waals surface area contributed by atoms with Crippen molar-refractivity contribution < 1.29 is 0 Å². The van der Waals surface area contributed by atoms with Crippen LogP contribution in [0.3, 0.4) is 0 Å². The zero-order valence-corrected chi connectivity index (χ0v) is 18.1. The molecule has 1 N–H and O–H groups in total. The second-order valence-corrected chi connectivity index (χ2v) is 7.87. The first-order chi connectivity index (χ1) is 12.4. The van der Waals surface area contributed by atoms with Gasteiger partial charge in [-0.05, 0) is 70.2 Å². The van der Waals surface area contributed by atoms with Gasteiger partial charge >= 0.3 is 0 Å². The lowest BCUT2D eigenvalue weighted by molar-refractivity contribution is 0.0908. The van der Waals surface area contributed by atoms with Crippen LogP contribution in [0.15, 0.2) is 35.3 Å². The molecule has 2 saturated heterocycles. The fourth-order valence-corrected chi connectivity index (χ4v) is 4.37. The molecule has 0 unspecified atom stereocenters. The number of hydrogen-bond acceptors (Lipinski definition) is 2.